The van der Waals surface area contributed by atoms with Crippen molar-refractivity contribution in [1.29, 1.82) is 0 Å². The summed E-state index contributed by atoms with van der Waals surface area (Å²) in [6, 6.07) is 14.7. The van der Waals surface area contributed by atoms with E-state index in [-0.39, 0.29) is 18.3 Å². The maximum Gasteiger partial charge on any atom is 0.282 e. The number of aryl methyl sites for hydroxylation is 1. The molecule has 0 spiro atoms. The van der Waals surface area contributed by atoms with Crippen molar-refractivity contribution in [1.82, 2.24) is 19.7 Å². The van der Waals surface area contributed by atoms with Crippen LogP contribution < -0.4 is 20.3 Å². The van der Waals surface area contributed by atoms with Crippen molar-refractivity contribution < 1.29 is 14.3 Å². The van der Waals surface area contributed by atoms with E-state index in [2.05, 4.69) is 10.4 Å². The molecular formula is C24H22N4O4. The Kier molecular flexibility index (Phi) is 5.10. The molecular weight excluding hydrogens is 408 g/mol. The van der Waals surface area contributed by atoms with Crippen LogP contribution in [0.15, 0.2) is 65.7 Å². The maximum absolute atomic E-state index is 13.1. The molecule has 2 aromatic carbocycles. The highest BCUT2D eigenvalue weighted by Crippen LogP contribution is 2.32. The first-order valence-electron chi connectivity index (χ1n) is 10.5. The number of amides is 1. The first-order chi connectivity index (χ1) is 15.6. The van der Waals surface area contributed by atoms with E-state index in [1.165, 1.54) is 4.68 Å². The monoisotopic (exact) mass is 430 g/mol. The molecule has 0 aliphatic carbocycles. The summed E-state index contributed by atoms with van der Waals surface area (Å²) in [5, 5.41) is 7.44. The third-order valence-corrected chi connectivity index (χ3v) is 5.34. The summed E-state index contributed by atoms with van der Waals surface area (Å²) in [6.45, 7) is 3.24. The highest BCUT2D eigenvalue weighted by atomic mass is 16.7. The number of hydrogen-bond acceptors (Lipinski definition) is 5. The van der Waals surface area contributed by atoms with Crippen LogP contribution in [0.4, 0.5) is 0 Å². The molecule has 1 N–H and O–H groups in total. The van der Waals surface area contributed by atoms with E-state index in [1.807, 2.05) is 60.0 Å². The lowest BCUT2D eigenvalue weighted by molar-refractivity contribution is 0.0950. The Bertz CT molecular complexity index is 1310. The summed E-state index contributed by atoms with van der Waals surface area (Å²) >= 11 is 0. The van der Waals surface area contributed by atoms with Gasteiger partial charge in [0.1, 0.15) is 5.69 Å². The van der Waals surface area contributed by atoms with Crippen LogP contribution in [-0.2, 0) is 13.1 Å². The molecule has 8 nitrogen and oxygen atoms in total. The van der Waals surface area contributed by atoms with Gasteiger partial charge in [0.15, 0.2) is 11.5 Å². The van der Waals surface area contributed by atoms with E-state index in [1.54, 1.807) is 12.4 Å². The average Bonchev–Trinajstić information content (AvgIpc) is 3.42. The number of fused-ring (bicyclic) bond motifs is 2. The molecule has 0 aromatic heterocycles. The van der Waals surface area contributed by atoms with Gasteiger partial charge in [0, 0.05) is 25.5 Å². The molecule has 162 valence electrons. The molecule has 0 saturated carbocycles. The average molecular weight is 430 g/mol. The number of carbonyl (C=O) groups excluding carboxylic acids is 1. The predicted octanol–water partition coefficient (Wildman–Crippen LogP) is 3.21. The standard InChI is InChI=1S/C24H22N4O4/c1-2-10-27-13-18(23(29)25-12-16-8-9-20-21(11-16)32-15-31-20)22-19(14-27)24(30)28(26-22)17-6-4-3-5-7-17/h3-9,11,13-14H,2,10,12,15H2,1H3,(H,25,29). The molecule has 3 heterocycles. The second-order valence-electron chi connectivity index (χ2n) is 7.59. The van der Waals surface area contributed by atoms with Crippen LogP contribution >= 0.6 is 0 Å². The highest BCUT2D eigenvalue weighted by Gasteiger charge is 2.24. The van der Waals surface area contributed by atoms with Gasteiger partial charge in [0.25, 0.3) is 11.5 Å². The smallest absolute Gasteiger partial charge is 0.282 e. The Balaban J connectivity index is 1.48. The number of nitrogens with zero attached hydrogens (tertiary/aromatic N) is 3. The fraction of sp³-hybridized carbons (Fsp3) is 0.208. The molecule has 5 rings (SSSR count). The van der Waals surface area contributed by atoms with Crippen LogP contribution in [0.2, 0.25) is 0 Å². The summed E-state index contributed by atoms with van der Waals surface area (Å²) < 4.78 is 13.9. The first-order valence-corrected chi connectivity index (χ1v) is 10.5. The Morgan fingerprint density at radius 2 is 1.91 bits per heavy atom. The summed E-state index contributed by atoms with van der Waals surface area (Å²) in [4.78, 5) is 26.2. The van der Waals surface area contributed by atoms with E-state index >= 15 is 0 Å². The van der Waals surface area contributed by atoms with Crippen molar-refractivity contribution in [3.8, 4) is 28.4 Å². The van der Waals surface area contributed by atoms with Crippen LogP contribution in [0.5, 0.6) is 11.5 Å². The number of aromatic nitrogens is 3. The number of nitrogens with one attached hydrogen (secondary N) is 1. The van der Waals surface area contributed by atoms with Crippen LogP contribution in [0, 0.1) is 0 Å². The molecule has 2 aromatic rings. The van der Waals surface area contributed by atoms with E-state index in [0.717, 1.165) is 12.0 Å². The number of hydrogen-bond donors (Lipinski definition) is 1. The van der Waals surface area contributed by atoms with Gasteiger partial charge in [-0.15, -0.1) is 0 Å². The van der Waals surface area contributed by atoms with Gasteiger partial charge in [-0.05, 0) is 36.2 Å². The van der Waals surface area contributed by atoms with Crippen LogP contribution in [0.3, 0.4) is 0 Å². The van der Waals surface area contributed by atoms with Crippen molar-refractivity contribution in [2.24, 2.45) is 0 Å². The van der Waals surface area contributed by atoms with Gasteiger partial charge in [0.2, 0.25) is 6.79 Å². The number of para-hydroxylation sites is 1. The molecule has 0 unspecified atom stereocenters. The molecule has 1 amide bonds. The van der Waals surface area contributed by atoms with Crippen molar-refractivity contribution in [3.05, 3.63) is 82.4 Å². The van der Waals surface area contributed by atoms with Gasteiger partial charge in [0.05, 0.1) is 16.8 Å². The minimum Gasteiger partial charge on any atom is -0.454 e. The molecule has 0 atom stereocenters. The molecule has 3 aliphatic rings. The SMILES string of the molecule is CCCn1cc(C(=O)NCc2ccc3c(c2)OCO3)c2nn(-c3ccccc3)c(=O)c-2c1. The van der Waals surface area contributed by atoms with Crippen molar-refractivity contribution in [2.45, 2.75) is 26.4 Å². The Labute approximate surface area is 184 Å². The molecule has 0 radical (unpaired) electrons. The normalized spacial score (nSPS) is 12.3. The fourth-order valence-corrected chi connectivity index (χ4v) is 3.79. The Morgan fingerprint density at radius 1 is 1.09 bits per heavy atom. The van der Waals surface area contributed by atoms with Gasteiger partial charge < -0.3 is 19.4 Å². The van der Waals surface area contributed by atoms with E-state index in [4.69, 9.17) is 9.47 Å². The summed E-state index contributed by atoms with van der Waals surface area (Å²) in [5.41, 5.74) is 2.45. The van der Waals surface area contributed by atoms with Crippen LogP contribution in [0.25, 0.3) is 16.9 Å². The largest absolute Gasteiger partial charge is 0.454 e. The topological polar surface area (TPSA) is 87.4 Å². The number of carbonyl (C=O) groups is 1. The minimum atomic E-state index is -0.296. The molecule has 8 heteroatoms. The molecule has 32 heavy (non-hydrogen) atoms. The van der Waals surface area contributed by atoms with E-state index in [9.17, 15) is 9.59 Å². The van der Waals surface area contributed by atoms with Gasteiger partial charge in [-0.1, -0.05) is 31.2 Å². The number of rotatable bonds is 6. The number of ether oxygens (including phenoxy) is 2. The third-order valence-electron chi connectivity index (χ3n) is 5.34. The predicted molar refractivity (Wildman–Crippen MR) is 118 cm³/mol. The lowest BCUT2D eigenvalue weighted by Gasteiger charge is -2.12. The Hall–Kier alpha value is -4.07. The molecule has 0 bridgehead atoms. The third kappa shape index (κ3) is 3.60. The summed E-state index contributed by atoms with van der Waals surface area (Å²) in [5.74, 6) is 1.06. The molecule has 3 aliphatic heterocycles. The van der Waals surface area contributed by atoms with Gasteiger partial charge in [-0.3, -0.25) is 9.59 Å². The van der Waals surface area contributed by atoms with Crippen molar-refractivity contribution >= 4 is 5.91 Å². The van der Waals surface area contributed by atoms with Crippen LogP contribution in [0.1, 0.15) is 29.3 Å². The van der Waals surface area contributed by atoms with Crippen LogP contribution in [-0.4, -0.2) is 27.0 Å². The lowest BCUT2D eigenvalue weighted by atomic mass is 10.1. The Morgan fingerprint density at radius 3 is 2.72 bits per heavy atom. The fourth-order valence-electron chi connectivity index (χ4n) is 3.79. The zero-order chi connectivity index (χ0) is 22.1. The van der Waals surface area contributed by atoms with E-state index < -0.39 is 0 Å². The molecule has 0 saturated heterocycles. The van der Waals surface area contributed by atoms with Gasteiger partial charge in [-0.2, -0.15) is 9.78 Å². The number of benzene rings is 2. The van der Waals surface area contributed by atoms with Crippen molar-refractivity contribution in [2.75, 3.05) is 6.79 Å². The molecule has 0 fully saturated rings. The quantitative estimate of drug-likeness (QED) is 0.508. The lowest BCUT2D eigenvalue weighted by Crippen LogP contribution is -2.25. The van der Waals surface area contributed by atoms with Crippen molar-refractivity contribution in [3.63, 3.8) is 0 Å². The van der Waals surface area contributed by atoms with E-state index in [0.29, 0.717) is 47.1 Å². The van der Waals surface area contributed by atoms with Gasteiger partial charge in [-0.25, -0.2) is 0 Å². The number of pyridine rings is 1. The zero-order valence-electron chi connectivity index (χ0n) is 17.6. The second kappa shape index (κ2) is 8.22. The minimum absolute atomic E-state index is 0.201. The highest BCUT2D eigenvalue weighted by molar-refractivity contribution is 5.99. The van der Waals surface area contributed by atoms with Gasteiger partial charge >= 0.3 is 0 Å². The maximum atomic E-state index is 13.1. The summed E-state index contributed by atoms with van der Waals surface area (Å²) in [6.07, 6.45) is 4.39. The second-order valence-corrected chi connectivity index (χ2v) is 7.59. The zero-order valence-corrected chi connectivity index (χ0v) is 17.6. The summed E-state index contributed by atoms with van der Waals surface area (Å²) in [7, 11) is 0. The first kappa shape index (κ1) is 19.9.